The third-order valence-corrected chi connectivity index (χ3v) is 3.98. The molecule has 0 radical (unpaired) electrons. The predicted molar refractivity (Wildman–Crippen MR) is 84.9 cm³/mol. The highest BCUT2D eigenvalue weighted by molar-refractivity contribution is 5.90. The van der Waals surface area contributed by atoms with Gasteiger partial charge >= 0.3 is 0 Å². The molecule has 1 nitrogen and oxygen atoms in total. The molecule has 0 bridgehead atoms. The van der Waals surface area contributed by atoms with E-state index in [9.17, 15) is 4.79 Å². The molecule has 0 aromatic heterocycles. The summed E-state index contributed by atoms with van der Waals surface area (Å²) in [5.74, 6) is 0.683. The van der Waals surface area contributed by atoms with Gasteiger partial charge < -0.3 is 0 Å². The van der Waals surface area contributed by atoms with Crippen molar-refractivity contribution in [1.82, 2.24) is 0 Å². The average Bonchev–Trinajstić information content (AvgIpc) is 2.44. The van der Waals surface area contributed by atoms with Gasteiger partial charge in [0.15, 0.2) is 0 Å². The van der Waals surface area contributed by atoms with E-state index in [1.807, 2.05) is 6.08 Å². The molecular formula is C19H20O. The van der Waals surface area contributed by atoms with Crippen LogP contribution < -0.4 is 0 Å². The van der Waals surface area contributed by atoms with Crippen molar-refractivity contribution in [2.75, 3.05) is 0 Å². The van der Waals surface area contributed by atoms with E-state index in [0.29, 0.717) is 5.92 Å². The molecule has 1 aliphatic rings. The minimum atomic E-state index is 0.683. The van der Waals surface area contributed by atoms with Crippen LogP contribution in [0.4, 0.5) is 0 Å². The van der Waals surface area contributed by atoms with E-state index in [4.69, 9.17) is 0 Å². The van der Waals surface area contributed by atoms with Crippen LogP contribution >= 0.6 is 0 Å². The van der Waals surface area contributed by atoms with Gasteiger partial charge in [0.1, 0.15) is 6.29 Å². The van der Waals surface area contributed by atoms with Crippen molar-refractivity contribution in [3.8, 4) is 0 Å². The summed E-state index contributed by atoms with van der Waals surface area (Å²) in [6, 6.07) is 11.3. The molecule has 0 amide bonds. The molecule has 0 saturated heterocycles. The topological polar surface area (TPSA) is 17.1 Å². The minimum Gasteiger partial charge on any atom is -0.298 e. The van der Waals surface area contributed by atoms with Crippen LogP contribution in [0.15, 0.2) is 35.9 Å². The second-order valence-electron chi connectivity index (χ2n) is 6.17. The van der Waals surface area contributed by atoms with Crippen molar-refractivity contribution < 1.29 is 4.79 Å². The van der Waals surface area contributed by atoms with Crippen LogP contribution in [-0.2, 0) is 17.6 Å². The molecule has 0 spiro atoms. The third-order valence-electron chi connectivity index (χ3n) is 3.98. The van der Waals surface area contributed by atoms with Crippen LogP contribution in [0.1, 0.15) is 37.0 Å². The Bertz CT molecular complexity index is 692. The lowest BCUT2D eigenvalue weighted by atomic mass is 9.89. The van der Waals surface area contributed by atoms with Crippen molar-refractivity contribution in [3.63, 3.8) is 0 Å². The van der Waals surface area contributed by atoms with Crippen molar-refractivity contribution in [2.45, 2.75) is 33.1 Å². The SMILES string of the molecule is CC(C)Cc1ccc2cc3c(cc2c1)CCC(C=O)=C3. The molecule has 0 atom stereocenters. The largest absolute Gasteiger partial charge is 0.298 e. The van der Waals surface area contributed by atoms with Gasteiger partial charge in [0, 0.05) is 0 Å². The van der Waals surface area contributed by atoms with E-state index in [0.717, 1.165) is 31.1 Å². The standard InChI is InChI=1S/C19H20O/c1-13(2)7-14-3-5-16-11-19-9-15(12-20)4-6-17(19)10-18(16)8-14/h3,5,8-13H,4,6-7H2,1-2H3. The van der Waals surface area contributed by atoms with Gasteiger partial charge in [-0.1, -0.05) is 38.1 Å². The summed E-state index contributed by atoms with van der Waals surface area (Å²) in [4.78, 5) is 10.9. The monoisotopic (exact) mass is 264 g/mol. The number of hydrogen-bond acceptors (Lipinski definition) is 1. The Balaban J connectivity index is 2.06. The van der Waals surface area contributed by atoms with Crippen LogP contribution in [0.5, 0.6) is 0 Å². The van der Waals surface area contributed by atoms with Gasteiger partial charge in [-0.3, -0.25) is 4.79 Å². The number of fused-ring (bicyclic) bond motifs is 2. The van der Waals surface area contributed by atoms with Crippen LogP contribution in [0.2, 0.25) is 0 Å². The molecule has 102 valence electrons. The van der Waals surface area contributed by atoms with Crippen LogP contribution in [0, 0.1) is 5.92 Å². The summed E-state index contributed by atoms with van der Waals surface area (Å²) in [6.45, 7) is 4.51. The zero-order chi connectivity index (χ0) is 14.1. The van der Waals surface area contributed by atoms with Crippen molar-refractivity contribution in [1.29, 1.82) is 0 Å². The van der Waals surface area contributed by atoms with E-state index in [1.54, 1.807) is 0 Å². The van der Waals surface area contributed by atoms with Crippen LogP contribution in [0.3, 0.4) is 0 Å². The number of rotatable bonds is 3. The van der Waals surface area contributed by atoms with Gasteiger partial charge in [-0.05, 0) is 70.4 Å². The highest BCUT2D eigenvalue weighted by atomic mass is 16.1. The predicted octanol–water partition coefficient (Wildman–Crippen LogP) is 4.57. The van der Waals surface area contributed by atoms with Crippen LogP contribution in [-0.4, -0.2) is 6.29 Å². The first-order valence-electron chi connectivity index (χ1n) is 7.37. The van der Waals surface area contributed by atoms with E-state index >= 15 is 0 Å². The number of hydrogen-bond donors (Lipinski definition) is 0. The lowest BCUT2D eigenvalue weighted by Crippen LogP contribution is -2.00. The number of aryl methyl sites for hydroxylation is 1. The Morgan fingerprint density at radius 3 is 2.70 bits per heavy atom. The summed E-state index contributed by atoms with van der Waals surface area (Å²) >= 11 is 0. The van der Waals surface area contributed by atoms with Crippen LogP contribution in [0.25, 0.3) is 16.8 Å². The Labute approximate surface area is 120 Å². The Kier molecular flexibility index (Phi) is 3.43. The average molecular weight is 264 g/mol. The van der Waals surface area contributed by atoms with Gasteiger partial charge in [-0.2, -0.15) is 0 Å². The lowest BCUT2D eigenvalue weighted by molar-refractivity contribution is -0.105. The highest BCUT2D eigenvalue weighted by Crippen LogP contribution is 2.28. The summed E-state index contributed by atoms with van der Waals surface area (Å²) in [5.41, 5.74) is 4.90. The first-order chi connectivity index (χ1) is 9.65. The number of carbonyl (C=O) groups excluding carboxylic acids is 1. The molecule has 3 rings (SSSR count). The second-order valence-corrected chi connectivity index (χ2v) is 6.17. The fraction of sp³-hybridized carbons (Fsp3) is 0.316. The Hall–Kier alpha value is -1.89. The molecule has 2 aromatic carbocycles. The molecular weight excluding hydrogens is 244 g/mol. The minimum absolute atomic E-state index is 0.683. The first-order valence-corrected chi connectivity index (χ1v) is 7.37. The number of aldehydes is 1. The molecule has 0 N–H and O–H groups in total. The second kappa shape index (κ2) is 5.24. The lowest BCUT2D eigenvalue weighted by Gasteiger charge is -2.15. The zero-order valence-electron chi connectivity index (χ0n) is 12.1. The Morgan fingerprint density at radius 1 is 1.10 bits per heavy atom. The van der Waals surface area contributed by atoms with E-state index < -0.39 is 0 Å². The summed E-state index contributed by atoms with van der Waals surface area (Å²) in [6.07, 6.45) is 5.99. The molecule has 20 heavy (non-hydrogen) atoms. The normalized spacial score (nSPS) is 14.2. The summed E-state index contributed by atoms with van der Waals surface area (Å²) < 4.78 is 0. The molecule has 2 aromatic rings. The maximum absolute atomic E-state index is 10.9. The Morgan fingerprint density at radius 2 is 1.95 bits per heavy atom. The quantitative estimate of drug-likeness (QED) is 0.742. The van der Waals surface area contributed by atoms with E-state index in [-0.39, 0.29) is 0 Å². The first kappa shape index (κ1) is 13.1. The zero-order valence-corrected chi connectivity index (χ0v) is 12.1. The van der Waals surface area contributed by atoms with Crippen molar-refractivity contribution >= 4 is 23.1 Å². The van der Waals surface area contributed by atoms with E-state index in [1.165, 1.54) is 27.5 Å². The molecule has 1 heteroatoms. The van der Waals surface area contributed by atoms with Gasteiger partial charge in [0.05, 0.1) is 0 Å². The number of carbonyl (C=O) groups is 1. The van der Waals surface area contributed by atoms with Gasteiger partial charge in [0.2, 0.25) is 0 Å². The fourth-order valence-corrected chi connectivity index (χ4v) is 3.01. The molecule has 0 saturated carbocycles. The van der Waals surface area contributed by atoms with E-state index in [2.05, 4.69) is 44.2 Å². The maximum atomic E-state index is 10.9. The highest BCUT2D eigenvalue weighted by Gasteiger charge is 2.11. The fourth-order valence-electron chi connectivity index (χ4n) is 3.01. The third kappa shape index (κ3) is 2.53. The van der Waals surface area contributed by atoms with Gasteiger partial charge in [-0.25, -0.2) is 0 Å². The maximum Gasteiger partial charge on any atom is 0.146 e. The smallest absolute Gasteiger partial charge is 0.146 e. The molecule has 0 heterocycles. The molecule has 1 aliphatic carbocycles. The van der Waals surface area contributed by atoms with Gasteiger partial charge in [0.25, 0.3) is 0 Å². The van der Waals surface area contributed by atoms with Crippen molar-refractivity contribution in [3.05, 3.63) is 52.6 Å². The molecule has 0 unspecified atom stereocenters. The number of benzene rings is 2. The summed E-state index contributed by atoms with van der Waals surface area (Å²) in [7, 11) is 0. The molecule has 0 aliphatic heterocycles. The molecule has 0 fully saturated rings. The summed E-state index contributed by atoms with van der Waals surface area (Å²) in [5, 5.41) is 2.59. The van der Waals surface area contributed by atoms with Crippen molar-refractivity contribution in [2.24, 2.45) is 5.92 Å². The number of allylic oxidation sites excluding steroid dienone is 1. The van der Waals surface area contributed by atoms with Gasteiger partial charge in [-0.15, -0.1) is 0 Å².